The molecular weight excluding hydrogens is 419 g/mol. The number of carbonyl (C=O) groups excluding carboxylic acids is 1. The van der Waals surface area contributed by atoms with Gasteiger partial charge in [-0.25, -0.2) is 0 Å². The first-order valence-corrected chi connectivity index (χ1v) is 10.2. The number of esters is 1. The molecule has 3 aromatic carbocycles. The fraction of sp³-hybridized carbons (Fsp3) is 0.240. The molecule has 0 aromatic heterocycles. The maximum Gasteiger partial charge on any atom is 0.573 e. The number of carbonyl (C=O) groups is 1. The number of hydrogen-bond acceptors (Lipinski definition) is 4. The summed E-state index contributed by atoms with van der Waals surface area (Å²) >= 11 is 0. The fourth-order valence-electron chi connectivity index (χ4n) is 4.07. The van der Waals surface area contributed by atoms with Crippen molar-refractivity contribution in [2.45, 2.75) is 31.0 Å². The Morgan fingerprint density at radius 1 is 0.875 bits per heavy atom. The third kappa shape index (κ3) is 4.94. The molecule has 32 heavy (non-hydrogen) atoms. The van der Waals surface area contributed by atoms with E-state index in [0.29, 0.717) is 12.0 Å². The Morgan fingerprint density at radius 3 is 2.00 bits per heavy atom. The number of hydrogen-bond donors (Lipinski definition) is 0. The number of likely N-dealkylation sites (N-methyl/N-ethyl adjacent to an activating group) is 1. The molecule has 0 amide bonds. The lowest BCUT2D eigenvalue weighted by Crippen LogP contribution is -2.50. The number of ether oxygens (including phenoxy) is 2. The van der Waals surface area contributed by atoms with E-state index < -0.39 is 18.5 Å². The van der Waals surface area contributed by atoms with Crippen molar-refractivity contribution in [2.75, 3.05) is 7.05 Å². The SMILES string of the molecule is CN1C(c2ccccc2)C(c2ccccc2)OC(=O)[C@H]1Cc1ccc(OC(F)(F)F)cc1. The Labute approximate surface area is 184 Å². The molecule has 0 bridgehead atoms. The van der Waals surface area contributed by atoms with Crippen LogP contribution in [0.5, 0.6) is 5.75 Å². The standard InChI is InChI=1S/C25H22F3NO3/c1-29-21(16-17-12-14-20(15-13-17)32-25(26,27)28)24(30)31-23(19-10-6-3-7-11-19)22(29)18-8-4-2-5-9-18/h2-15,21-23H,16H2,1H3/t21-,22?,23?/m1/s1. The maximum absolute atomic E-state index is 13.0. The van der Waals surface area contributed by atoms with Gasteiger partial charge in [-0.2, -0.15) is 0 Å². The van der Waals surface area contributed by atoms with Crippen LogP contribution in [0.1, 0.15) is 28.8 Å². The number of rotatable bonds is 5. The first-order chi connectivity index (χ1) is 15.3. The summed E-state index contributed by atoms with van der Waals surface area (Å²) in [6.45, 7) is 0. The highest BCUT2D eigenvalue weighted by molar-refractivity contribution is 5.77. The average molecular weight is 441 g/mol. The molecule has 7 heteroatoms. The third-order valence-corrected chi connectivity index (χ3v) is 5.59. The summed E-state index contributed by atoms with van der Waals surface area (Å²) in [5.41, 5.74) is 2.61. The van der Waals surface area contributed by atoms with Gasteiger partial charge in [0.25, 0.3) is 0 Å². The summed E-state index contributed by atoms with van der Waals surface area (Å²) in [6.07, 6.45) is -4.92. The Bertz CT molecular complexity index is 1040. The highest BCUT2D eigenvalue weighted by Gasteiger charge is 2.43. The molecule has 166 valence electrons. The minimum Gasteiger partial charge on any atom is -0.454 e. The lowest BCUT2D eigenvalue weighted by Gasteiger charge is -2.43. The van der Waals surface area contributed by atoms with Crippen LogP contribution in [0.4, 0.5) is 13.2 Å². The lowest BCUT2D eigenvalue weighted by atomic mass is 9.90. The molecule has 1 fully saturated rings. The predicted molar refractivity (Wildman–Crippen MR) is 113 cm³/mol. The fourth-order valence-corrected chi connectivity index (χ4v) is 4.07. The average Bonchev–Trinajstić information content (AvgIpc) is 2.77. The van der Waals surface area contributed by atoms with Crippen molar-refractivity contribution in [3.8, 4) is 5.75 Å². The van der Waals surface area contributed by atoms with Gasteiger partial charge in [0.2, 0.25) is 0 Å². The smallest absolute Gasteiger partial charge is 0.454 e. The molecule has 0 radical (unpaired) electrons. The lowest BCUT2D eigenvalue weighted by molar-refractivity contribution is -0.274. The molecule has 1 heterocycles. The van der Waals surface area contributed by atoms with Crippen molar-refractivity contribution in [1.29, 1.82) is 0 Å². The van der Waals surface area contributed by atoms with Gasteiger partial charge in [-0.1, -0.05) is 72.8 Å². The minimum absolute atomic E-state index is 0.214. The first-order valence-electron chi connectivity index (χ1n) is 10.2. The molecule has 2 unspecified atom stereocenters. The Kier molecular flexibility index (Phi) is 6.19. The van der Waals surface area contributed by atoms with Gasteiger partial charge >= 0.3 is 12.3 Å². The molecule has 1 saturated heterocycles. The molecule has 0 spiro atoms. The van der Waals surface area contributed by atoms with Crippen LogP contribution in [0.2, 0.25) is 0 Å². The molecule has 4 nitrogen and oxygen atoms in total. The van der Waals surface area contributed by atoms with Crippen LogP contribution in [-0.2, 0) is 16.0 Å². The van der Waals surface area contributed by atoms with E-state index >= 15 is 0 Å². The largest absolute Gasteiger partial charge is 0.573 e. The van der Waals surface area contributed by atoms with Crippen molar-refractivity contribution in [3.05, 3.63) is 102 Å². The van der Waals surface area contributed by atoms with Crippen LogP contribution < -0.4 is 4.74 Å². The minimum atomic E-state index is -4.75. The van der Waals surface area contributed by atoms with Crippen molar-refractivity contribution < 1.29 is 27.4 Å². The van der Waals surface area contributed by atoms with Crippen LogP contribution in [-0.4, -0.2) is 30.3 Å². The normalized spacial score (nSPS) is 21.8. The van der Waals surface area contributed by atoms with Gasteiger partial charge in [0, 0.05) is 0 Å². The van der Waals surface area contributed by atoms with E-state index in [9.17, 15) is 18.0 Å². The van der Waals surface area contributed by atoms with Gasteiger partial charge in [-0.3, -0.25) is 9.69 Å². The highest BCUT2D eigenvalue weighted by Crippen LogP contribution is 2.41. The second kappa shape index (κ2) is 9.04. The molecule has 1 aliphatic rings. The zero-order chi connectivity index (χ0) is 22.7. The van der Waals surface area contributed by atoms with E-state index in [1.54, 1.807) is 0 Å². The van der Waals surface area contributed by atoms with Crippen molar-refractivity contribution in [3.63, 3.8) is 0 Å². The highest BCUT2D eigenvalue weighted by atomic mass is 19.4. The van der Waals surface area contributed by atoms with Crippen molar-refractivity contribution in [1.82, 2.24) is 4.90 Å². The van der Waals surface area contributed by atoms with E-state index in [4.69, 9.17) is 4.74 Å². The predicted octanol–water partition coefficient (Wildman–Crippen LogP) is 5.47. The molecule has 1 aliphatic heterocycles. The number of morpholine rings is 1. The Balaban J connectivity index is 1.60. The monoisotopic (exact) mass is 441 g/mol. The maximum atomic E-state index is 13.0. The van der Waals surface area contributed by atoms with E-state index in [0.717, 1.165) is 11.1 Å². The molecule has 3 aromatic rings. The summed E-state index contributed by atoms with van der Waals surface area (Å²) in [5, 5.41) is 0. The summed E-state index contributed by atoms with van der Waals surface area (Å²) < 4.78 is 47.1. The van der Waals surface area contributed by atoms with Crippen LogP contribution in [0.15, 0.2) is 84.9 Å². The Hall–Kier alpha value is -3.32. The summed E-state index contributed by atoms with van der Waals surface area (Å²) in [7, 11) is 1.87. The molecule has 0 aliphatic carbocycles. The number of halogens is 3. The van der Waals surface area contributed by atoms with Gasteiger partial charge in [-0.15, -0.1) is 13.2 Å². The van der Waals surface area contributed by atoms with Crippen LogP contribution in [0, 0.1) is 0 Å². The van der Waals surface area contributed by atoms with E-state index in [2.05, 4.69) is 4.74 Å². The summed E-state index contributed by atoms with van der Waals surface area (Å²) in [5.74, 6) is -0.670. The van der Waals surface area contributed by atoms with Gasteiger partial charge in [0.05, 0.1) is 6.04 Å². The topological polar surface area (TPSA) is 38.8 Å². The van der Waals surface area contributed by atoms with Gasteiger partial charge in [-0.05, 0) is 42.3 Å². The van der Waals surface area contributed by atoms with E-state index in [-0.39, 0.29) is 17.8 Å². The zero-order valence-corrected chi connectivity index (χ0v) is 17.3. The molecular formula is C25H22F3NO3. The van der Waals surface area contributed by atoms with Crippen LogP contribution in [0.25, 0.3) is 0 Å². The van der Waals surface area contributed by atoms with Crippen molar-refractivity contribution in [2.24, 2.45) is 0 Å². The molecule has 0 saturated carbocycles. The van der Waals surface area contributed by atoms with Gasteiger partial charge in [0.15, 0.2) is 0 Å². The molecule has 0 N–H and O–H groups in total. The van der Waals surface area contributed by atoms with Crippen molar-refractivity contribution >= 4 is 5.97 Å². The number of nitrogens with zero attached hydrogens (tertiary/aromatic N) is 1. The summed E-state index contributed by atoms with van der Waals surface area (Å²) in [6, 6.07) is 24.1. The van der Waals surface area contributed by atoms with E-state index in [1.165, 1.54) is 24.3 Å². The van der Waals surface area contributed by atoms with Crippen LogP contribution >= 0.6 is 0 Å². The number of benzene rings is 3. The van der Waals surface area contributed by atoms with Gasteiger partial charge < -0.3 is 9.47 Å². The second-order valence-electron chi connectivity index (χ2n) is 7.70. The third-order valence-electron chi connectivity index (χ3n) is 5.59. The van der Waals surface area contributed by atoms with E-state index in [1.807, 2.05) is 72.6 Å². The van der Waals surface area contributed by atoms with Crippen LogP contribution in [0.3, 0.4) is 0 Å². The summed E-state index contributed by atoms with van der Waals surface area (Å²) in [4.78, 5) is 15.0. The van der Waals surface area contributed by atoms with Gasteiger partial charge in [0.1, 0.15) is 17.9 Å². The number of cyclic esters (lactones) is 1. The second-order valence-corrected chi connectivity index (χ2v) is 7.70. The zero-order valence-electron chi connectivity index (χ0n) is 17.3. The quantitative estimate of drug-likeness (QED) is 0.493. The first kappa shape index (κ1) is 21.9. The number of alkyl halides is 3. The molecule has 4 rings (SSSR count). The molecule has 3 atom stereocenters. The Morgan fingerprint density at radius 2 is 1.44 bits per heavy atom.